The second-order valence-corrected chi connectivity index (χ2v) is 8.31. The largest absolute Gasteiger partial charge is 0.283 e. The number of nitrogens with one attached hydrogen (secondary N) is 1. The molecule has 0 aliphatic carbocycles. The van der Waals surface area contributed by atoms with Crippen molar-refractivity contribution >= 4 is 15.7 Å². The van der Waals surface area contributed by atoms with Gasteiger partial charge in [0.2, 0.25) is 10.0 Å². The van der Waals surface area contributed by atoms with Crippen LogP contribution in [0.5, 0.6) is 0 Å². The van der Waals surface area contributed by atoms with Gasteiger partial charge in [-0.15, -0.1) is 0 Å². The van der Waals surface area contributed by atoms with Gasteiger partial charge >= 0.3 is 0 Å². The Morgan fingerprint density at radius 3 is 2.24 bits per heavy atom. The molecule has 0 amide bonds. The van der Waals surface area contributed by atoms with Crippen LogP contribution in [0, 0.1) is 0 Å². The number of sulfonamides is 1. The molecule has 2 aromatic heterocycles. The molecule has 0 atom stereocenters. The minimum absolute atomic E-state index is 0.483. The molecule has 3 rings (SSSR count). The zero-order valence-corrected chi connectivity index (χ0v) is 15.2. The van der Waals surface area contributed by atoms with E-state index in [4.69, 9.17) is 0 Å². The third-order valence-electron chi connectivity index (χ3n) is 3.86. The highest BCUT2D eigenvalue weighted by atomic mass is 32.2. The third-order valence-corrected chi connectivity index (χ3v) is 5.62. The Kier molecular flexibility index (Phi) is 4.59. The zero-order valence-electron chi connectivity index (χ0n) is 14.3. The molecule has 2 heterocycles. The molecule has 130 valence electrons. The van der Waals surface area contributed by atoms with Crippen molar-refractivity contribution in [1.29, 1.82) is 0 Å². The van der Waals surface area contributed by atoms with E-state index in [1.807, 2.05) is 37.5 Å². The van der Waals surface area contributed by atoms with Crippen molar-refractivity contribution in [2.75, 3.05) is 4.72 Å². The molecule has 0 saturated carbocycles. The number of benzene rings is 1. The second-order valence-electron chi connectivity index (χ2n) is 6.07. The summed E-state index contributed by atoms with van der Waals surface area (Å²) in [6.07, 6.45) is 5.41. The number of pyridine rings is 1. The maximum absolute atomic E-state index is 12.0. The average molecular weight is 356 g/mol. The minimum atomic E-state index is -3.35. The van der Waals surface area contributed by atoms with E-state index in [1.54, 1.807) is 43.1 Å². The number of hydrogen-bond acceptors (Lipinski definition) is 4. The van der Waals surface area contributed by atoms with Crippen molar-refractivity contribution in [2.45, 2.75) is 19.1 Å². The topological polar surface area (TPSA) is 76.9 Å². The zero-order chi connectivity index (χ0) is 18.0. The Balaban J connectivity index is 1.94. The fourth-order valence-electron chi connectivity index (χ4n) is 2.42. The molecule has 25 heavy (non-hydrogen) atoms. The Morgan fingerprint density at radius 2 is 1.64 bits per heavy atom. The number of aromatic nitrogens is 3. The van der Waals surface area contributed by atoms with Crippen LogP contribution in [0.25, 0.3) is 22.4 Å². The monoisotopic (exact) mass is 356 g/mol. The van der Waals surface area contributed by atoms with Crippen molar-refractivity contribution in [3.63, 3.8) is 0 Å². The summed E-state index contributed by atoms with van der Waals surface area (Å²) in [6, 6.07) is 11.1. The first-order valence-corrected chi connectivity index (χ1v) is 9.47. The number of aryl methyl sites for hydroxylation is 1. The summed E-state index contributed by atoms with van der Waals surface area (Å²) in [5, 5.41) is 4.06. The van der Waals surface area contributed by atoms with Gasteiger partial charge in [0.15, 0.2) is 0 Å². The first-order chi connectivity index (χ1) is 11.9. The SMILES string of the molecule is CC(C)S(=O)(=O)Nc1ccc(-c2cn(C)nc2-c2ccncc2)cc1. The first-order valence-electron chi connectivity index (χ1n) is 7.93. The highest BCUT2D eigenvalue weighted by molar-refractivity contribution is 7.93. The van der Waals surface area contributed by atoms with E-state index in [2.05, 4.69) is 14.8 Å². The van der Waals surface area contributed by atoms with Crippen molar-refractivity contribution in [1.82, 2.24) is 14.8 Å². The molecule has 0 saturated heterocycles. The molecule has 7 heteroatoms. The summed E-state index contributed by atoms with van der Waals surface area (Å²) in [5.74, 6) is 0. The van der Waals surface area contributed by atoms with E-state index in [-0.39, 0.29) is 0 Å². The summed E-state index contributed by atoms with van der Waals surface area (Å²) in [7, 11) is -1.47. The number of nitrogens with zero attached hydrogens (tertiary/aromatic N) is 3. The predicted molar refractivity (Wildman–Crippen MR) is 99.6 cm³/mol. The van der Waals surface area contributed by atoms with Gasteiger partial charge in [0, 0.05) is 42.5 Å². The Hall–Kier alpha value is -2.67. The van der Waals surface area contributed by atoms with E-state index in [0.717, 1.165) is 22.4 Å². The number of hydrogen-bond donors (Lipinski definition) is 1. The molecule has 0 spiro atoms. The van der Waals surface area contributed by atoms with E-state index < -0.39 is 15.3 Å². The van der Waals surface area contributed by atoms with E-state index in [9.17, 15) is 8.42 Å². The highest BCUT2D eigenvalue weighted by Crippen LogP contribution is 2.31. The molecule has 0 aliphatic heterocycles. The molecular formula is C18H20N4O2S. The smallest absolute Gasteiger partial charge is 0.235 e. The molecule has 0 bridgehead atoms. The normalized spacial score (nSPS) is 11.7. The number of anilines is 1. The van der Waals surface area contributed by atoms with Gasteiger partial charge in [-0.05, 0) is 43.7 Å². The van der Waals surface area contributed by atoms with Crippen LogP contribution in [-0.4, -0.2) is 28.4 Å². The second kappa shape index (κ2) is 6.68. The molecule has 0 radical (unpaired) electrons. The lowest BCUT2D eigenvalue weighted by atomic mass is 10.0. The maximum Gasteiger partial charge on any atom is 0.235 e. The quantitative estimate of drug-likeness (QED) is 0.761. The van der Waals surface area contributed by atoms with Gasteiger partial charge in [-0.1, -0.05) is 12.1 Å². The van der Waals surface area contributed by atoms with Crippen LogP contribution in [0.1, 0.15) is 13.8 Å². The minimum Gasteiger partial charge on any atom is -0.283 e. The highest BCUT2D eigenvalue weighted by Gasteiger charge is 2.16. The van der Waals surface area contributed by atoms with Gasteiger partial charge in [-0.2, -0.15) is 5.10 Å². The predicted octanol–water partition coefficient (Wildman–Crippen LogP) is 3.30. The lowest BCUT2D eigenvalue weighted by molar-refractivity contribution is 0.593. The molecule has 6 nitrogen and oxygen atoms in total. The summed E-state index contributed by atoms with van der Waals surface area (Å²) < 4.78 is 28.3. The molecular weight excluding hydrogens is 336 g/mol. The van der Waals surface area contributed by atoms with Gasteiger partial charge in [0.1, 0.15) is 5.69 Å². The first kappa shape index (κ1) is 17.2. The van der Waals surface area contributed by atoms with Gasteiger partial charge < -0.3 is 0 Å². The van der Waals surface area contributed by atoms with Crippen LogP contribution in [0.15, 0.2) is 55.0 Å². The Bertz CT molecular complexity index is 962. The van der Waals surface area contributed by atoms with Crippen LogP contribution < -0.4 is 4.72 Å². The third kappa shape index (κ3) is 3.71. The van der Waals surface area contributed by atoms with Crippen molar-refractivity contribution in [2.24, 2.45) is 7.05 Å². The molecule has 0 unspecified atom stereocenters. The Labute approximate surface area is 147 Å². The molecule has 0 fully saturated rings. The van der Waals surface area contributed by atoms with Gasteiger partial charge in [-0.25, -0.2) is 8.42 Å². The average Bonchev–Trinajstić information content (AvgIpc) is 2.98. The van der Waals surface area contributed by atoms with Gasteiger partial charge in [-0.3, -0.25) is 14.4 Å². The summed E-state index contributed by atoms with van der Waals surface area (Å²) in [5.41, 5.74) is 4.33. The molecule has 3 aromatic rings. The number of rotatable bonds is 5. The van der Waals surface area contributed by atoms with Crippen LogP contribution in [0.3, 0.4) is 0 Å². The fourth-order valence-corrected chi connectivity index (χ4v) is 3.12. The van der Waals surface area contributed by atoms with Crippen LogP contribution in [0.4, 0.5) is 5.69 Å². The summed E-state index contributed by atoms with van der Waals surface area (Å²) >= 11 is 0. The lowest BCUT2D eigenvalue weighted by Gasteiger charge is -2.11. The standard InChI is InChI=1S/C18H20N4O2S/c1-13(2)25(23,24)21-16-6-4-14(5-7-16)17-12-22(3)20-18(17)15-8-10-19-11-9-15/h4-13,21H,1-3H3. The maximum atomic E-state index is 12.0. The van der Waals surface area contributed by atoms with Crippen molar-refractivity contribution in [3.8, 4) is 22.4 Å². The molecule has 1 aromatic carbocycles. The van der Waals surface area contributed by atoms with Crippen LogP contribution in [-0.2, 0) is 17.1 Å². The van der Waals surface area contributed by atoms with Gasteiger partial charge in [0.05, 0.1) is 5.25 Å². The van der Waals surface area contributed by atoms with Crippen LogP contribution >= 0.6 is 0 Å². The summed E-state index contributed by atoms with van der Waals surface area (Å²) in [6.45, 7) is 3.29. The van der Waals surface area contributed by atoms with Crippen molar-refractivity contribution < 1.29 is 8.42 Å². The summed E-state index contributed by atoms with van der Waals surface area (Å²) in [4.78, 5) is 4.04. The molecule has 1 N–H and O–H groups in total. The van der Waals surface area contributed by atoms with Gasteiger partial charge in [0.25, 0.3) is 0 Å². The van der Waals surface area contributed by atoms with Crippen LogP contribution in [0.2, 0.25) is 0 Å². The fraction of sp³-hybridized carbons (Fsp3) is 0.222. The molecule has 0 aliphatic rings. The van der Waals surface area contributed by atoms with Crippen molar-refractivity contribution in [3.05, 3.63) is 55.0 Å². The Morgan fingerprint density at radius 1 is 1.00 bits per heavy atom. The van der Waals surface area contributed by atoms with E-state index in [1.165, 1.54) is 0 Å². The van der Waals surface area contributed by atoms with E-state index in [0.29, 0.717) is 5.69 Å². The van der Waals surface area contributed by atoms with E-state index >= 15 is 0 Å². The lowest BCUT2D eigenvalue weighted by Crippen LogP contribution is -2.22.